The van der Waals surface area contributed by atoms with Crippen molar-refractivity contribution in [2.24, 2.45) is 0 Å². The third-order valence-corrected chi connectivity index (χ3v) is 5.23. The van der Waals surface area contributed by atoms with Crippen molar-refractivity contribution < 1.29 is 23.2 Å². The highest BCUT2D eigenvalue weighted by atomic mass is 19.1. The molecule has 0 aromatic heterocycles. The van der Waals surface area contributed by atoms with Crippen LogP contribution in [0.15, 0.2) is 18.2 Å². The molecule has 4 amide bonds. The molecule has 1 atom stereocenters. The van der Waals surface area contributed by atoms with Crippen LogP contribution in [0.25, 0.3) is 0 Å². The molecule has 27 heavy (non-hydrogen) atoms. The average Bonchev–Trinajstić information content (AvgIpc) is 2.83. The lowest BCUT2D eigenvalue weighted by molar-refractivity contribution is -0.136. The smallest absolute Gasteiger partial charge is 0.325 e. The van der Waals surface area contributed by atoms with E-state index < -0.39 is 41.7 Å². The standard InChI is InChI=1S/C19H23F2N3O3/c1-12(10-13-14(20)6-5-7-15(13)21)22-16(25)11-24-17(26)19(23-18(24)27)8-3-2-4-9-19/h5-7,12H,2-4,8-11H2,1H3,(H,22,25)(H,23,27). The van der Waals surface area contributed by atoms with E-state index in [0.717, 1.165) is 36.3 Å². The van der Waals surface area contributed by atoms with Gasteiger partial charge in [-0.3, -0.25) is 14.5 Å². The zero-order valence-electron chi connectivity index (χ0n) is 15.2. The highest BCUT2D eigenvalue weighted by molar-refractivity contribution is 6.09. The quantitative estimate of drug-likeness (QED) is 0.771. The summed E-state index contributed by atoms with van der Waals surface area (Å²) in [7, 11) is 0. The van der Waals surface area contributed by atoms with E-state index in [1.165, 1.54) is 6.07 Å². The monoisotopic (exact) mass is 379 g/mol. The third-order valence-electron chi connectivity index (χ3n) is 5.23. The highest BCUT2D eigenvalue weighted by Gasteiger charge is 2.51. The molecule has 2 fully saturated rings. The molecule has 6 nitrogen and oxygen atoms in total. The summed E-state index contributed by atoms with van der Waals surface area (Å²) in [5.74, 6) is -2.26. The Labute approximate surface area is 156 Å². The Morgan fingerprint density at radius 2 is 1.85 bits per heavy atom. The summed E-state index contributed by atoms with van der Waals surface area (Å²) in [5, 5.41) is 5.34. The lowest BCUT2D eigenvalue weighted by atomic mass is 9.82. The molecule has 146 valence electrons. The van der Waals surface area contributed by atoms with Crippen LogP contribution in [-0.4, -0.2) is 40.9 Å². The molecule has 1 unspecified atom stereocenters. The number of urea groups is 1. The SMILES string of the molecule is CC(Cc1c(F)cccc1F)NC(=O)CN1C(=O)NC2(CCCCC2)C1=O. The van der Waals surface area contributed by atoms with Crippen molar-refractivity contribution in [3.63, 3.8) is 0 Å². The lowest BCUT2D eigenvalue weighted by Gasteiger charge is -2.30. The third kappa shape index (κ3) is 3.94. The number of benzene rings is 1. The van der Waals surface area contributed by atoms with Gasteiger partial charge in [-0.2, -0.15) is 0 Å². The summed E-state index contributed by atoms with van der Waals surface area (Å²) >= 11 is 0. The van der Waals surface area contributed by atoms with Gasteiger partial charge in [-0.05, 0) is 38.3 Å². The molecule has 1 spiro atoms. The van der Waals surface area contributed by atoms with Crippen LogP contribution in [0.1, 0.15) is 44.6 Å². The van der Waals surface area contributed by atoms with Crippen LogP contribution in [0, 0.1) is 11.6 Å². The number of carbonyl (C=O) groups excluding carboxylic acids is 3. The van der Waals surface area contributed by atoms with Crippen molar-refractivity contribution in [2.45, 2.75) is 57.0 Å². The van der Waals surface area contributed by atoms with Crippen molar-refractivity contribution in [2.75, 3.05) is 6.54 Å². The first-order valence-electron chi connectivity index (χ1n) is 9.19. The van der Waals surface area contributed by atoms with Crippen LogP contribution in [-0.2, 0) is 16.0 Å². The van der Waals surface area contributed by atoms with Crippen molar-refractivity contribution >= 4 is 17.8 Å². The Balaban J connectivity index is 1.59. The first-order chi connectivity index (χ1) is 12.8. The van der Waals surface area contributed by atoms with Crippen LogP contribution in [0.3, 0.4) is 0 Å². The topological polar surface area (TPSA) is 78.5 Å². The average molecular weight is 379 g/mol. The first-order valence-corrected chi connectivity index (χ1v) is 9.19. The fourth-order valence-corrected chi connectivity index (χ4v) is 3.86. The number of halogens is 2. The molecule has 1 saturated heterocycles. The second-order valence-corrected chi connectivity index (χ2v) is 7.34. The van der Waals surface area contributed by atoms with Crippen LogP contribution in [0.5, 0.6) is 0 Å². The Morgan fingerprint density at radius 1 is 1.22 bits per heavy atom. The largest absolute Gasteiger partial charge is 0.352 e. The van der Waals surface area contributed by atoms with Gasteiger partial charge >= 0.3 is 6.03 Å². The van der Waals surface area contributed by atoms with Gasteiger partial charge in [0.2, 0.25) is 5.91 Å². The van der Waals surface area contributed by atoms with Gasteiger partial charge in [0.15, 0.2) is 0 Å². The van der Waals surface area contributed by atoms with E-state index in [4.69, 9.17) is 0 Å². The maximum absolute atomic E-state index is 13.7. The zero-order chi connectivity index (χ0) is 19.6. The van der Waals surface area contributed by atoms with Gasteiger partial charge in [0.05, 0.1) is 0 Å². The number of nitrogens with one attached hydrogen (secondary N) is 2. The fourth-order valence-electron chi connectivity index (χ4n) is 3.86. The minimum atomic E-state index is -0.877. The summed E-state index contributed by atoms with van der Waals surface area (Å²) in [6.45, 7) is 1.20. The molecule has 2 N–H and O–H groups in total. The van der Waals surface area contributed by atoms with E-state index in [-0.39, 0.29) is 17.9 Å². The van der Waals surface area contributed by atoms with Gasteiger partial charge in [-0.15, -0.1) is 0 Å². The minimum absolute atomic E-state index is 0.0334. The Kier molecular flexibility index (Phi) is 5.43. The first kappa shape index (κ1) is 19.3. The fraction of sp³-hybridized carbons (Fsp3) is 0.526. The van der Waals surface area contributed by atoms with Crippen molar-refractivity contribution in [3.05, 3.63) is 35.4 Å². The molecule has 1 saturated carbocycles. The van der Waals surface area contributed by atoms with Gasteiger partial charge in [0.25, 0.3) is 5.91 Å². The molecule has 1 aliphatic heterocycles. The van der Waals surface area contributed by atoms with Gasteiger partial charge < -0.3 is 10.6 Å². The summed E-state index contributed by atoms with van der Waals surface area (Å²) in [6, 6.07) is 2.46. The highest BCUT2D eigenvalue weighted by Crippen LogP contribution is 2.33. The van der Waals surface area contributed by atoms with Crippen LogP contribution in [0.2, 0.25) is 0 Å². The zero-order valence-corrected chi connectivity index (χ0v) is 15.2. The Bertz CT molecular complexity index is 742. The summed E-state index contributed by atoms with van der Waals surface area (Å²) in [5.41, 5.74) is -0.987. The van der Waals surface area contributed by atoms with Crippen LogP contribution >= 0.6 is 0 Å². The summed E-state index contributed by atoms with van der Waals surface area (Å²) in [4.78, 5) is 38.0. The maximum Gasteiger partial charge on any atom is 0.325 e. The normalized spacial score (nSPS) is 19.9. The van der Waals surface area contributed by atoms with Crippen LogP contribution in [0.4, 0.5) is 13.6 Å². The molecule has 0 radical (unpaired) electrons. The van der Waals surface area contributed by atoms with Crippen LogP contribution < -0.4 is 10.6 Å². The number of rotatable bonds is 5. The number of hydrogen-bond donors (Lipinski definition) is 2. The maximum atomic E-state index is 13.7. The van der Waals surface area contributed by atoms with E-state index in [1.807, 2.05) is 0 Å². The minimum Gasteiger partial charge on any atom is -0.352 e. The molecule has 1 aromatic rings. The molecule has 8 heteroatoms. The molecule has 0 bridgehead atoms. The molecular weight excluding hydrogens is 356 g/mol. The Morgan fingerprint density at radius 3 is 2.48 bits per heavy atom. The van der Waals surface area contributed by atoms with Gasteiger partial charge in [0.1, 0.15) is 23.7 Å². The van der Waals surface area contributed by atoms with Crippen molar-refractivity contribution in [3.8, 4) is 0 Å². The van der Waals surface area contributed by atoms with E-state index >= 15 is 0 Å². The molecular formula is C19H23F2N3O3. The molecule has 2 aliphatic rings. The molecule has 3 rings (SSSR count). The molecule has 1 heterocycles. The summed E-state index contributed by atoms with van der Waals surface area (Å²) < 4.78 is 27.4. The van der Waals surface area contributed by atoms with Crippen molar-refractivity contribution in [1.82, 2.24) is 15.5 Å². The van der Waals surface area contributed by atoms with Gasteiger partial charge in [0, 0.05) is 11.6 Å². The van der Waals surface area contributed by atoms with E-state index in [9.17, 15) is 23.2 Å². The number of hydrogen-bond acceptors (Lipinski definition) is 3. The number of nitrogens with zero attached hydrogens (tertiary/aromatic N) is 1. The number of imide groups is 1. The predicted octanol–water partition coefficient (Wildman–Crippen LogP) is 2.27. The second-order valence-electron chi connectivity index (χ2n) is 7.34. The molecule has 1 aromatic carbocycles. The predicted molar refractivity (Wildman–Crippen MR) is 93.7 cm³/mol. The number of carbonyl (C=O) groups is 3. The summed E-state index contributed by atoms with van der Waals surface area (Å²) in [6.07, 6.45) is 3.87. The number of amides is 4. The van der Waals surface area contributed by atoms with Gasteiger partial charge in [-0.1, -0.05) is 25.3 Å². The van der Waals surface area contributed by atoms with E-state index in [2.05, 4.69) is 10.6 Å². The lowest BCUT2D eigenvalue weighted by Crippen LogP contribution is -2.49. The Hall–Kier alpha value is -2.51. The van der Waals surface area contributed by atoms with E-state index in [0.29, 0.717) is 12.8 Å². The molecule has 1 aliphatic carbocycles. The second kappa shape index (κ2) is 7.62. The van der Waals surface area contributed by atoms with E-state index in [1.54, 1.807) is 6.92 Å². The van der Waals surface area contributed by atoms with Gasteiger partial charge in [-0.25, -0.2) is 13.6 Å². The van der Waals surface area contributed by atoms with Crippen molar-refractivity contribution in [1.29, 1.82) is 0 Å².